The highest BCUT2D eigenvalue weighted by Gasteiger charge is 2.55. The minimum atomic E-state index is -1.12. The molecule has 4 aliphatic carbocycles. The van der Waals surface area contributed by atoms with Gasteiger partial charge in [-0.1, -0.05) is 173 Å². The standard InChI is InChI=1S/C50H64N2OSi4/c1-45(2,3)47(31-15-9-16-32-47)56-49(54-41-19-11-7-12-20-41,39-27-29-43(51-35-39)37-23-24-37)53-50(55-42-21-13-8-14-22-42,40-28-30-44(52-36-40)38-25-26-38)57-48(46(4,5)6)33-17-10-18-34-48/h7-22,27-31,33,35-38H,23-26,32,34,54-57H2,1-6H3. The number of hydrogen-bond acceptors (Lipinski definition) is 3. The van der Waals surface area contributed by atoms with Gasteiger partial charge in [0.2, 0.25) is 0 Å². The van der Waals surface area contributed by atoms with E-state index < -0.39 is 47.8 Å². The van der Waals surface area contributed by atoms with Crippen molar-refractivity contribution in [1.82, 2.24) is 9.97 Å². The Balaban J connectivity index is 1.41. The molecule has 0 aliphatic heterocycles. The lowest BCUT2D eigenvalue weighted by molar-refractivity contribution is 0.00733. The lowest BCUT2D eigenvalue weighted by atomic mass is 9.76. The summed E-state index contributed by atoms with van der Waals surface area (Å²) >= 11 is 0. The van der Waals surface area contributed by atoms with E-state index in [4.69, 9.17) is 14.7 Å². The van der Waals surface area contributed by atoms with Crippen LogP contribution in [0.15, 0.2) is 146 Å². The van der Waals surface area contributed by atoms with Crippen molar-refractivity contribution in [3.05, 3.63) is 168 Å². The molecule has 0 bridgehead atoms. The van der Waals surface area contributed by atoms with E-state index in [1.54, 1.807) is 0 Å². The van der Waals surface area contributed by atoms with Crippen LogP contribution in [-0.4, -0.2) is 48.0 Å². The summed E-state index contributed by atoms with van der Waals surface area (Å²) in [6, 6.07) is 32.7. The van der Waals surface area contributed by atoms with Crippen molar-refractivity contribution in [2.45, 2.75) is 112 Å². The van der Waals surface area contributed by atoms with Gasteiger partial charge in [-0.25, -0.2) is 0 Å². The Bertz CT molecular complexity index is 1960. The van der Waals surface area contributed by atoms with Gasteiger partial charge in [0, 0.05) is 35.6 Å². The third-order valence-corrected chi connectivity index (χ3v) is 27.8. The van der Waals surface area contributed by atoms with Crippen molar-refractivity contribution in [3.63, 3.8) is 0 Å². The molecule has 0 spiro atoms. The molecule has 0 saturated heterocycles. The van der Waals surface area contributed by atoms with Crippen molar-refractivity contribution >= 4 is 48.5 Å². The van der Waals surface area contributed by atoms with Crippen molar-refractivity contribution in [2.24, 2.45) is 10.8 Å². The van der Waals surface area contributed by atoms with E-state index in [-0.39, 0.29) is 20.9 Å². The zero-order valence-electron chi connectivity index (χ0n) is 35.4. The summed E-state index contributed by atoms with van der Waals surface area (Å²) in [7, 11) is -4.44. The highest BCUT2D eigenvalue weighted by Crippen LogP contribution is 2.57. The molecule has 0 radical (unpaired) electrons. The van der Waals surface area contributed by atoms with Gasteiger partial charge >= 0.3 is 0 Å². The van der Waals surface area contributed by atoms with Crippen LogP contribution in [0.25, 0.3) is 0 Å². The van der Waals surface area contributed by atoms with E-state index in [1.165, 1.54) is 58.6 Å². The third-order valence-electron chi connectivity index (χ3n) is 14.2. The average molecular weight is 821 g/mol. The maximum atomic E-state index is 8.93. The second-order valence-electron chi connectivity index (χ2n) is 20.1. The first-order valence-corrected chi connectivity index (χ1v) is 27.4. The monoisotopic (exact) mass is 820 g/mol. The van der Waals surface area contributed by atoms with Crippen molar-refractivity contribution in [1.29, 1.82) is 0 Å². The molecule has 2 aromatic heterocycles. The zero-order valence-corrected chi connectivity index (χ0v) is 41.0. The molecular formula is C50H64N2OSi4. The molecule has 57 heavy (non-hydrogen) atoms. The Morgan fingerprint density at radius 3 is 1.23 bits per heavy atom. The van der Waals surface area contributed by atoms with Gasteiger partial charge in [-0.15, -0.1) is 0 Å². The molecule has 0 amide bonds. The van der Waals surface area contributed by atoms with Crippen LogP contribution in [0, 0.1) is 10.8 Å². The minimum absolute atomic E-state index is 0.0174. The second-order valence-corrected chi connectivity index (χ2v) is 32.2. The Kier molecular flexibility index (Phi) is 11.3. The fourth-order valence-electron chi connectivity index (χ4n) is 9.86. The van der Waals surface area contributed by atoms with E-state index in [0.717, 1.165) is 12.8 Å². The molecule has 2 aromatic carbocycles. The molecule has 0 N–H and O–H groups in total. The number of allylic oxidation sites excluding steroid dienone is 8. The fraction of sp³-hybridized carbons (Fsp3) is 0.400. The van der Waals surface area contributed by atoms with Crippen LogP contribution in [0.5, 0.6) is 0 Å². The molecule has 7 heteroatoms. The predicted molar refractivity (Wildman–Crippen MR) is 253 cm³/mol. The van der Waals surface area contributed by atoms with Crippen molar-refractivity contribution in [3.8, 4) is 0 Å². The van der Waals surface area contributed by atoms with E-state index in [1.807, 2.05) is 0 Å². The van der Waals surface area contributed by atoms with Gasteiger partial charge in [0.15, 0.2) is 0 Å². The molecule has 4 aliphatic rings. The summed E-state index contributed by atoms with van der Waals surface area (Å²) in [5.41, 5.74) is 5.27. The third kappa shape index (κ3) is 8.65. The van der Waals surface area contributed by atoms with Gasteiger partial charge in [0.1, 0.15) is 0 Å². The van der Waals surface area contributed by atoms with Crippen LogP contribution < -0.4 is 10.4 Å². The topological polar surface area (TPSA) is 35.0 Å². The van der Waals surface area contributed by atoms with Gasteiger partial charge < -0.3 is 4.74 Å². The molecule has 2 fully saturated rings. The first-order valence-electron chi connectivity index (χ1n) is 21.7. The molecule has 3 nitrogen and oxygen atoms in total. The van der Waals surface area contributed by atoms with Gasteiger partial charge in [0.25, 0.3) is 0 Å². The number of benzene rings is 2. The highest BCUT2D eigenvalue weighted by atomic mass is 28.3. The lowest BCUT2D eigenvalue weighted by Crippen LogP contribution is -2.62. The highest BCUT2D eigenvalue weighted by molar-refractivity contribution is 6.73. The molecule has 8 rings (SSSR count). The van der Waals surface area contributed by atoms with Crippen molar-refractivity contribution < 1.29 is 4.74 Å². The first kappa shape index (κ1) is 40.3. The number of aromatic nitrogens is 2. The Hall–Kier alpha value is -3.47. The Morgan fingerprint density at radius 1 is 0.526 bits per heavy atom. The minimum Gasteiger partial charge on any atom is -0.375 e. The molecular weight excluding hydrogens is 757 g/mol. The Labute approximate surface area is 352 Å². The van der Waals surface area contributed by atoms with Crippen LogP contribution in [0.3, 0.4) is 0 Å². The van der Waals surface area contributed by atoms with Gasteiger partial charge in [-0.2, -0.15) is 0 Å². The van der Waals surface area contributed by atoms with E-state index >= 15 is 0 Å². The predicted octanol–water partition coefficient (Wildman–Crippen LogP) is 7.94. The Morgan fingerprint density at radius 2 is 0.930 bits per heavy atom. The van der Waals surface area contributed by atoms with Crippen molar-refractivity contribution in [2.75, 3.05) is 0 Å². The molecule has 4 unspecified atom stereocenters. The van der Waals surface area contributed by atoms with Crippen LogP contribution >= 0.6 is 0 Å². The first-order chi connectivity index (χ1) is 27.3. The summed E-state index contributed by atoms with van der Waals surface area (Å²) in [6.07, 6.45) is 31.0. The van der Waals surface area contributed by atoms with Gasteiger partial charge in [-0.3, -0.25) is 9.97 Å². The van der Waals surface area contributed by atoms with E-state index in [9.17, 15) is 0 Å². The normalized spacial score (nSPS) is 25.1. The molecule has 2 heterocycles. The van der Waals surface area contributed by atoms with Crippen LogP contribution in [0.1, 0.15) is 114 Å². The fourth-order valence-corrected chi connectivity index (χ4v) is 25.7. The molecule has 2 saturated carbocycles. The SMILES string of the molecule is CC(C)(C)C1([SiH2]C(OC([SiH2]c2ccccc2)([SiH2]C2(C(C)(C)C)C=CC=CC2)c2ccc(C3CC3)nc2)([SiH2]c2ccccc2)c2ccc(C3CC3)nc2)C=CC=CC1. The molecule has 296 valence electrons. The maximum Gasteiger partial charge on any atom is 0.0933 e. The number of nitrogens with zero attached hydrogens (tertiary/aromatic N) is 2. The summed E-state index contributed by atoms with van der Waals surface area (Å²) in [5.74, 6) is 1.22. The average Bonchev–Trinajstić information content (AvgIpc) is 4.14. The molecule has 4 atom stereocenters. The largest absolute Gasteiger partial charge is 0.375 e. The molecule has 4 aromatic rings. The summed E-state index contributed by atoms with van der Waals surface area (Å²) < 4.78 is 8.93. The second kappa shape index (κ2) is 15.9. The quantitative estimate of drug-likeness (QED) is 0.121. The number of hydrogen-bond donors (Lipinski definition) is 0. The van der Waals surface area contributed by atoms with E-state index in [2.05, 4.69) is 187 Å². The van der Waals surface area contributed by atoms with Crippen LogP contribution in [0.4, 0.5) is 0 Å². The summed E-state index contributed by atoms with van der Waals surface area (Å²) in [6.45, 7) is 14.9. The van der Waals surface area contributed by atoms with Crippen LogP contribution in [-0.2, 0) is 14.4 Å². The number of pyridine rings is 2. The van der Waals surface area contributed by atoms with Gasteiger partial charge in [0.05, 0.1) is 47.8 Å². The van der Waals surface area contributed by atoms with E-state index in [0.29, 0.717) is 11.8 Å². The van der Waals surface area contributed by atoms with Gasteiger partial charge in [-0.05, 0) is 82.7 Å². The number of rotatable bonds is 14. The van der Waals surface area contributed by atoms with Crippen LogP contribution in [0.2, 0.25) is 10.1 Å². The zero-order chi connectivity index (χ0) is 39.8. The summed E-state index contributed by atoms with van der Waals surface area (Å²) in [5, 5.41) is 2.98. The summed E-state index contributed by atoms with van der Waals surface area (Å²) in [4.78, 5) is 9.84. The maximum absolute atomic E-state index is 8.93. The lowest BCUT2D eigenvalue weighted by Gasteiger charge is -2.55. The number of ether oxygens (including phenoxy) is 1. The smallest absolute Gasteiger partial charge is 0.0933 e.